The normalized spacial score (nSPS) is 22.4. The Morgan fingerprint density at radius 3 is 3.00 bits per heavy atom. The van der Waals surface area contributed by atoms with Crippen molar-refractivity contribution in [3.8, 4) is 0 Å². The van der Waals surface area contributed by atoms with E-state index in [9.17, 15) is 0 Å². The fourth-order valence-electron chi connectivity index (χ4n) is 2.27. The van der Waals surface area contributed by atoms with Crippen LogP contribution in [0.5, 0.6) is 0 Å². The lowest BCUT2D eigenvalue weighted by Crippen LogP contribution is -2.37. The molecule has 1 aliphatic heterocycles. The summed E-state index contributed by atoms with van der Waals surface area (Å²) in [5, 5.41) is 0.723. The van der Waals surface area contributed by atoms with Crippen molar-refractivity contribution in [1.82, 2.24) is 5.43 Å². The summed E-state index contributed by atoms with van der Waals surface area (Å²) in [6.45, 7) is 1.58. The number of nitrogens with two attached hydrogens (primary N) is 1. The highest BCUT2D eigenvalue weighted by Crippen LogP contribution is 2.35. The molecule has 2 atom stereocenters. The minimum atomic E-state index is 0.0419. The highest BCUT2D eigenvalue weighted by molar-refractivity contribution is 9.10. The first kappa shape index (κ1) is 13.3. The van der Waals surface area contributed by atoms with Crippen molar-refractivity contribution in [2.45, 2.75) is 18.9 Å². The van der Waals surface area contributed by atoms with Crippen LogP contribution in [0.15, 0.2) is 22.7 Å². The second-order valence-electron chi connectivity index (χ2n) is 4.26. The average molecular weight is 320 g/mol. The fraction of sp³-hybridized carbons (Fsp3) is 0.500. The molecule has 0 aliphatic carbocycles. The van der Waals surface area contributed by atoms with Crippen LogP contribution >= 0.6 is 27.5 Å². The molecular weight excluding hydrogens is 304 g/mol. The molecule has 2 unspecified atom stereocenters. The first-order chi connectivity index (χ1) is 8.24. The van der Waals surface area contributed by atoms with Crippen molar-refractivity contribution >= 4 is 27.5 Å². The summed E-state index contributed by atoms with van der Waals surface area (Å²) < 4.78 is 6.40. The monoisotopic (exact) mass is 318 g/mol. The first-order valence-corrected chi connectivity index (χ1v) is 6.89. The van der Waals surface area contributed by atoms with Gasteiger partial charge in [0.2, 0.25) is 0 Å². The Bertz CT molecular complexity index is 383. The van der Waals surface area contributed by atoms with Gasteiger partial charge >= 0.3 is 0 Å². The number of nitrogens with one attached hydrogen (secondary N) is 1. The summed E-state index contributed by atoms with van der Waals surface area (Å²) in [7, 11) is 0. The van der Waals surface area contributed by atoms with E-state index >= 15 is 0 Å². The molecule has 0 bridgehead atoms. The van der Waals surface area contributed by atoms with Crippen LogP contribution in [0.1, 0.15) is 24.4 Å². The molecule has 1 aliphatic rings. The number of ether oxygens (including phenoxy) is 1. The third-order valence-electron chi connectivity index (χ3n) is 3.16. The molecular formula is C12H16BrClN2O. The van der Waals surface area contributed by atoms with Gasteiger partial charge < -0.3 is 4.74 Å². The number of benzene rings is 1. The van der Waals surface area contributed by atoms with E-state index < -0.39 is 0 Å². The molecule has 0 radical (unpaired) electrons. The Kier molecular flexibility index (Phi) is 4.82. The lowest BCUT2D eigenvalue weighted by Gasteiger charge is -2.30. The van der Waals surface area contributed by atoms with Crippen molar-refractivity contribution in [3.63, 3.8) is 0 Å². The molecule has 0 aromatic heterocycles. The molecule has 17 heavy (non-hydrogen) atoms. The predicted molar refractivity (Wildman–Crippen MR) is 72.8 cm³/mol. The van der Waals surface area contributed by atoms with Crippen molar-refractivity contribution in [2.75, 3.05) is 13.2 Å². The highest BCUT2D eigenvalue weighted by atomic mass is 79.9. The topological polar surface area (TPSA) is 47.3 Å². The number of hydrogen-bond donors (Lipinski definition) is 2. The van der Waals surface area contributed by atoms with E-state index in [2.05, 4.69) is 21.4 Å². The Morgan fingerprint density at radius 1 is 1.53 bits per heavy atom. The van der Waals surface area contributed by atoms with Crippen LogP contribution in [-0.4, -0.2) is 13.2 Å². The van der Waals surface area contributed by atoms with Gasteiger partial charge in [0.15, 0.2) is 0 Å². The number of rotatable bonds is 3. The van der Waals surface area contributed by atoms with E-state index in [1.807, 2.05) is 18.2 Å². The van der Waals surface area contributed by atoms with Crippen molar-refractivity contribution < 1.29 is 4.74 Å². The number of hydrogen-bond acceptors (Lipinski definition) is 3. The van der Waals surface area contributed by atoms with Gasteiger partial charge in [0.1, 0.15) is 0 Å². The zero-order valence-corrected chi connectivity index (χ0v) is 11.8. The number of hydrazine groups is 1. The maximum Gasteiger partial charge on any atom is 0.0596 e. The molecule has 94 valence electrons. The molecule has 1 heterocycles. The van der Waals surface area contributed by atoms with Gasteiger partial charge in [-0.25, -0.2) is 0 Å². The maximum absolute atomic E-state index is 6.30. The molecule has 0 spiro atoms. The Labute approximate surface area is 115 Å². The van der Waals surface area contributed by atoms with Gasteiger partial charge in [-0.15, -0.1) is 0 Å². The third kappa shape index (κ3) is 3.01. The van der Waals surface area contributed by atoms with Crippen LogP contribution in [0.3, 0.4) is 0 Å². The van der Waals surface area contributed by atoms with Crippen LogP contribution in [0.25, 0.3) is 0 Å². The van der Waals surface area contributed by atoms with Gasteiger partial charge in [0, 0.05) is 17.0 Å². The van der Waals surface area contributed by atoms with Gasteiger partial charge in [-0.1, -0.05) is 23.7 Å². The van der Waals surface area contributed by atoms with Crippen LogP contribution in [0.4, 0.5) is 0 Å². The molecule has 3 nitrogen and oxygen atoms in total. The summed E-state index contributed by atoms with van der Waals surface area (Å²) in [5.41, 5.74) is 3.90. The van der Waals surface area contributed by atoms with Gasteiger partial charge in [-0.3, -0.25) is 11.3 Å². The van der Waals surface area contributed by atoms with E-state index in [1.165, 1.54) is 0 Å². The SMILES string of the molecule is NNC(c1cccc(Br)c1Cl)C1CCCOC1. The largest absolute Gasteiger partial charge is 0.381 e. The van der Waals surface area contributed by atoms with E-state index in [0.717, 1.165) is 41.1 Å². The van der Waals surface area contributed by atoms with Crippen LogP contribution < -0.4 is 11.3 Å². The van der Waals surface area contributed by atoms with E-state index in [-0.39, 0.29) is 6.04 Å². The van der Waals surface area contributed by atoms with Gasteiger partial charge in [0.05, 0.1) is 17.7 Å². The molecule has 5 heteroatoms. The first-order valence-electron chi connectivity index (χ1n) is 5.72. The van der Waals surface area contributed by atoms with Gasteiger partial charge in [-0.2, -0.15) is 0 Å². The summed E-state index contributed by atoms with van der Waals surface area (Å²) in [4.78, 5) is 0. The quantitative estimate of drug-likeness (QED) is 0.665. The minimum absolute atomic E-state index is 0.0419. The Morgan fingerprint density at radius 2 is 2.35 bits per heavy atom. The summed E-state index contributed by atoms with van der Waals surface area (Å²) in [6, 6.07) is 5.95. The highest BCUT2D eigenvalue weighted by Gasteiger charge is 2.26. The fourth-order valence-corrected chi connectivity index (χ4v) is 2.89. The maximum atomic E-state index is 6.30. The van der Waals surface area contributed by atoms with E-state index in [0.29, 0.717) is 5.92 Å². The van der Waals surface area contributed by atoms with E-state index in [1.54, 1.807) is 0 Å². The van der Waals surface area contributed by atoms with Gasteiger partial charge in [-0.05, 0) is 40.4 Å². The average Bonchev–Trinajstić information content (AvgIpc) is 2.37. The number of halogens is 2. The lowest BCUT2D eigenvalue weighted by molar-refractivity contribution is 0.0390. The minimum Gasteiger partial charge on any atom is -0.381 e. The smallest absolute Gasteiger partial charge is 0.0596 e. The van der Waals surface area contributed by atoms with Gasteiger partial charge in [0.25, 0.3) is 0 Å². The lowest BCUT2D eigenvalue weighted by atomic mass is 9.89. The standard InChI is InChI=1S/C12H16BrClN2O/c13-10-5-1-4-9(11(10)14)12(16-15)8-3-2-6-17-7-8/h1,4-5,8,12,16H,2-3,6-7,15H2. The van der Waals surface area contributed by atoms with Crippen LogP contribution in [0, 0.1) is 5.92 Å². The summed E-state index contributed by atoms with van der Waals surface area (Å²) in [6.07, 6.45) is 2.19. The zero-order chi connectivity index (χ0) is 12.3. The molecule has 1 fully saturated rings. The molecule has 0 amide bonds. The van der Waals surface area contributed by atoms with Crippen molar-refractivity contribution in [3.05, 3.63) is 33.3 Å². The Balaban J connectivity index is 2.24. The Hall–Kier alpha value is -0.130. The zero-order valence-electron chi connectivity index (χ0n) is 9.46. The molecule has 3 N–H and O–H groups in total. The summed E-state index contributed by atoms with van der Waals surface area (Å²) >= 11 is 9.74. The van der Waals surface area contributed by atoms with Crippen LogP contribution in [-0.2, 0) is 4.74 Å². The van der Waals surface area contributed by atoms with Crippen molar-refractivity contribution in [2.24, 2.45) is 11.8 Å². The third-order valence-corrected chi connectivity index (χ3v) is 4.47. The molecule has 1 aromatic rings. The summed E-state index contributed by atoms with van der Waals surface area (Å²) in [5.74, 6) is 6.05. The molecule has 2 rings (SSSR count). The molecule has 0 saturated carbocycles. The second-order valence-corrected chi connectivity index (χ2v) is 5.50. The molecule has 1 aromatic carbocycles. The predicted octanol–water partition coefficient (Wildman–Crippen LogP) is 3.03. The second kappa shape index (κ2) is 6.16. The van der Waals surface area contributed by atoms with Crippen molar-refractivity contribution in [1.29, 1.82) is 0 Å². The van der Waals surface area contributed by atoms with Crippen LogP contribution in [0.2, 0.25) is 5.02 Å². The molecule has 1 saturated heterocycles. The van der Waals surface area contributed by atoms with E-state index in [4.69, 9.17) is 22.2 Å².